The minimum absolute atomic E-state index is 0.172. The first-order chi connectivity index (χ1) is 21.2. The van der Waals surface area contributed by atoms with Gasteiger partial charge < -0.3 is 24.1 Å². The fourth-order valence-electron chi connectivity index (χ4n) is 5.50. The smallest absolute Gasteiger partial charge is 0.257 e. The Hall–Kier alpha value is -4.71. The number of aromatic amines is 1. The number of hydrogen-bond acceptors (Lipinski definition) is 8. The second kappa shape index (κ2) is 11.8. The first kappa shape index (κ1) is 29.4. The Bertz CT molecular complexity index is 2050. The summed E-state index contributed by atoms with van der Waals surface area (Å²) in [6.45, 7) is 1.61. The maximum atomic E-state index is 14.3. The van der Waals surface area contributed by atoms with Gasteiger partial charge in [0.15, 0.2) is 15.6 Å². The summed E-state index contributed by atoms with van der Waals surface area (Å²) in [6.07, 6.45) is 3.53. The van der Waals surface area contributed by atoms with Crippen molar-refractivity contribution in [1.29, 1.82) is 0 Å². The van der Waals surface area contributed by atoms with Crippen molar-refractivity contribution >= 4 is 31.9 Å². The molecule has 0 aliphatic carbocycles. The molecule has 0 saturated heterocycles. The zero-order valence-corrected chi connectivity index (χ0v) is 25.6. The monoisotopic (exact) mass is 611 g/mol. The van der Waals surface area contributed by atoms with Crippen LogP contribution in [-0.2, 0) is 16.9 Å². The van der Waals surface area contributed by atoms with Crippen molar-refractivity contribution in [2.24, 2.45) is 7.05 Å². The molecule has 0 bridgehead atoms. The number of aliphatic hydroxyl groups excluding tert-OH is 1. The van der Waals surface area contributed by atoms with Gasteiger partial charge >= 0.3 is 0 Å². The number of ether oxygens (including phenoxy) is 2. The molecule has 0 amide bonds. The molecule has 2 unspecified atom stereocenters. The first-order valence-electron chi connectivity index (χ1n) is 14.0. The first-order valence-corrected chi connectivity index (χ1v) is 15.6. The number of nitrogens with one attached hydrogen (secondary N) is 2. The number of benzene rings is 2. The van der Waals surface area contributed by atoms with Crippen LogP contribution < -0.4 is 14.8 Å². The second-order valence-electron chi connectivity index (χ2n) is 10.6. The van der Waals surface area contributed by atoms with E-state index in [1.165, 1.54) is 7.11 Å². The predicted octanol–water partition coefficient (Wildman–Crippen LogP) is 5.24. The molecule has 226 valence electrons. The van der Waals surface area contributed by atoms with E-state index in [1.807, 2.05) is 67.2 Å². The number of sulfone groups is 1. The van der Waals surface area contributed by atoms with Crippen LogP contribution in [0.5, 0.6) is 11.6 Å². The van der Waals surface area contributed by atoms with Crippen LogP contribution in [-0.4, -0.2) is 53.9 Å². The third-order valence-corrected chi connectivity index (χ3v) is 9.78. The lowest BCUT2D eigenvalue weighted by Gasteiger charge is -2.26. The van der Waals surface area contributed by atoms with E-state index in [0.29, 0.717) is 39.4 Å². The summed E-state index contributed by atoms with van der Waals surface area (Å²) in [4.78, 5) is 12.8. The number of aliphatic hydroxyl groups is 1. The van der Waals surface area contributed by atoms with E-state index in [2.05, 4.69) is 15.3 Å². The Balaban J connectivity index is 1.52. The van der Waals surface area contributed by atoms with E-state index >= 15 is 0 Å². The Morgan fingerprint density at radius 1 is 1.02 bits per heavy atom. The molecule has 3 N–H and O–H groups in total. The molecule has 11 heteroatoms. The van der Waals surface area contributed by atoms with Crippen molar-refractivity contribution in [1.82, 2.24) is 24.8 Å². The Labute approximate surface area is 255 Å². The molecule has 2 atom stereocenters. The minimum atomic E-state index is -3.99. The number of fused-ring (bicyclic) bond motifs is 2. The number of H-pyrrole nitrogens is 1. The molecule has 0 radical (unpaired) electrons. The van der Waals surface area contributed by atoms with Crippen LogP contribution in [0.15, 0.2) is 90.1 Å². The van der Waals surface area contributed by atoms with Crippen molar-refractivity contribution in [2.75, 3.05) is 20.8 Å². The molecule has 0 aliphatic rings. The molecule has 4 aromatic heterocycles. The highest BCUT2D eigenvalue weighted by Gasteiger charge is 2.33. The number of methoxy groups -OCH3 is 2. The van der Waals surface area contributed by atoms with E-state index in [1.54, 1.807) is 43.6 Å². The van der Waals surface area contributed by atoms with Gasteiger partial charge in [-0.2, -0.15) is 0 Å². The van der Waals surface area contributed by atoms with Crippen molar-refractivity contribution < 1.29 is 23.0 Å². The van der Waals surface area contributed by atoms with Gasteiger partial charge in [0, 0.05) is 36.5 Å². The Morgan fingerprint density at radius 3 is 2.45 bits per heavy atom. The molecular weight excluding hydrogens is 578 g/mol. The van der Waals surface area contributed by atoms with Gasteiger partial charge in [-0.1, -0.05) is 48.0 Å². The molecule has 2 aromatic carbocycles. The van der Waals surface area contributed by atoms with Crippen LogP contribution in [0.3, 0.4) is 0 Å². The van der Waals surface area contributed by atoms with E-state index in [4.69, 9.17) is 14.5 Å². The number of pyridine rings is 2. The summed E-state index contributed by atoms with van der Waals surface area (Å²) in [6, 6.07) is 20.9. The highest BCUT2D eigenvalue weighted by Crippen LogP contribution is 2.38. The van der Waals surface area contributed by atoms with Crippen molar-refractivity contribution in [3.8, 4) is 22.9 Å². The van der Waals surface area contributed by atoms with Crippen LogP contribution in [0.4, 0.5) is 0 Å². The normalized spacial score (nSPS) is 13.3. The largest absolute Gasteiger partial charge is 0.491 e. The van der Waals surface area contributed by atoms with Gasteiger partial charge in [-0.25, -0.2) is 18.4 Å². The predicted molar refractivity (Wildman–Crippen MR) is 169 cm³/mol. The molecule has 6 rings (SSSR count). The number of hydrogen-bond donors (Lipinski definition) is 3. The summed E-state index contributed by atoms with van der Waals surface area (Å²) in [5, 5.41) is 13.1. The number of aromatic nitrogens is 4. The Morgan fingerprint density at radius 2 is 1.77 bits per heavy atom. The zero-order chi connectivity index (χ0) is 31.0. The minimum Gasteiger partial charge on any atom is -0.491 e. The molecule has 44 heavy (non-hydrogen) atoms. The molecule has 0 spiro atoms. The van der Waals surface area contributed by atoms with E-state index in [9.17, 15) is 13.5 Å². The third kappa shape index (κ3) is 5.19. The molecular formula is C33H33N5O5S. The maximum absolute atomic E-state index is 14.3. The third-order valence-electron chi connectivity index (χ3n) is 7.84. The lowest BCUT2D eigenvalue weighted by atomic mass is 10.1. The van der Waals surface area contributed by atoms with Crippen molar-refractivity contribution in [3.63, 3.8) is 0 Å². The van der Waals surface area contributed by atoms with Crippen LogP contribution in [0, 0.1) is 6.92 Å². The van der Waals surface area contributed by atoms with E-state index in [0.717, 1.165) is 22.2 Å². The van der Waals surface area contributed by atoms with Gasteiger partial charge in [-0.3, -0.25) is 5.32 Å². The summed E-state index contributed by atoms with van der Waals surface area (Å²) in [5.41, 5.74) is 5.75. The summed E-state index contributed by atoms with van der Waals surface area (Å²) < 4.78 is 41.5. The SMILES string of the molecule is COc1cc2c(nc1OC)c(-c1cc3c(C(NC(CO)c4ccccc4)S(=O)(=O)c4ccc(C)cc4)ccnc3[nH]1)cn2C. The van der Waals surface area contributed by atoms with Gasteiger partial charge in [-0.05, 0) is 42.3 Å². The highest BCUT2D eigenvalue weighted by molar-refractivity contribution is 7.91. The van der Waals surface area contributed by atoms with Gasteiger partial charge in [0.1, 0.15) is 16.5 Å². The fraction of sp³-hybridized carbons (Fsp3) is 0.212. The average Bonchev–Trinajstić information content (AvgIpc) is 3.62. The summed E-state index contributed by atoms with van der Waals surface area (Å²) >= 11 is 0. The van der Waals surface area contributed by atoms with Gasteiger partial charge in [-0.15, -0.1) is 0 Å². The number of aryl methyl sites for hydroxylation is 2. The number of rotatable bonds is 10. The number of nitrogens with zero attached hydrogens (tertiary/aromatic N) is 3. The fourth-order valence-corrected chi connectivity index (χ4v) is 7.17. The van der Waals surface area contributed by atoms with Gasteiger partial charge in [0.05, 0.1) is 43.0 Å². The van der Waals surface area contributed by atoms with Crippen LogP contribution in [0.2, 0.25) is 0 Å². The maximum Gasteiger partial charge on any atom is 0.257 e. The summed E-state index contributed by atoms with van der Waals surface area (Å²) in [7, 11) is 1.03. The van der Waals surface area contributed by atoms with E-state index < -0.39 is 21.3 Å². The lowest BCUT2D eigenvalue weighted by Crippen LogP contribution is -2.34. The van der Waals surface area contributed by atoms with Gasteiger partial charge in [0.2, 0.25) is 0 Å². The quantitative estimate of drug-likeness (QED) is 0.192. The summed E-state index contributed by atoms with van der Waals surface area (Å²) in [5.74, 6) is 0.868. The van der Waals surface area contributed by atoms with E-state index in [-0.39, 0.29) is 11.5 Å². The highest BCUT2D eigenvalue weighted by atomic mass is 32.2. The van der Waals surface area contributed by atoms with Gasteiger partial charge in [0.25, 0.3) is 5.88 Å². The molecule has 10 nitrogen and oxygen atoms in total. The van der Waals surface area contributed by atoms with Crippen LogP contribution in [0.1, 0.15) is 28.1 Å². The Kier molecular flexibility index (Phi) is 7.85. The molecule has 0 fully saturated rings. The standard InChI is InChI=1S/C33H33N5O5S/c1-20-10-12-22(13-11-20)44(40,41)33(36-27(19-39)21-8-6-5-7-9-21)23-14-15-34-31-24(23)16-26(35-31)25-18-38(2)28-17-29(42-3)32(43-4)37-30(25)28/h5-18,27,33,36,39H,19H2,1-4H3,(H,34,35). The average molecular weight is 612 g/mol. The van der Waals surface area contributed by atoms with Crippen molar-refractivity contribution in [3.05, 3.63) is 102 Å². The topological polar surface area (TPSA) is 131 Å². The molecule has 4 heterocycles. The molecule has 6 aromatic rings. The molecule has 0 aliphatic heterocycles. The molecule has 0 saturated carbocycles. The lowest BCUT2D eigenvalue weighted by molar-refractivity contribution is 0.241. The zero-order valence-electron chi connectivity index (χ0n) is 24.8. The van der Waals surface area contributed by atoms with Crippen LogP contribution in [0.25, 0.3) is 33.3 Å². The second-order valence-corrected chi connectivity index (χ2v) is 12.7. The van der Waals surface area contributed by atoms with Crippen LogP contribution >= 0.6 is 0 Å². The van der Waals surface area contributed by atoms with Crippen molar-refractivity contribution in [2.45, 2.75) is 23.2 Å².